The molecule has 0 N–H and O–H groups in total. The summed E-state index contributed by atoms with van der Waals surface area (Å²) in [5.41, 5.74) is 0. The van der Waals surface area contributed by atoms with Gasteiger partial charge in [0.15, 0.2) is 5.82 Å². The number of nitrogens with zero attached hydrogens (tertiary/aromatic N) is 5. The van der Waals surface area contributed by atoms with Crippen LogP contribution in [0.15, 0.2) is 0 Å². The van der Waals surface area contributed by atoms with Gasteiger partial charge in [0.1, 0.15) is 0 Å². The SMILES string of the molecule is CC1CCN(C(=O)c2nn3c(C(C)C)nnc3s2)CC1. The Morgan fingerprint density at radius 3 is 2.65 bits per heavy atom. The number of carbonyl (C=O) groups excluding carboxylic acids is 1. The third-order valence-corrected chi connectivity index (χ3v) is 4.67. The summed E-state index contributed by atoms with van der Waals surface area (Å²) in [7, 11) is 0. The van der Waals surface area contributed by atoms with Gasteiger partial charge in [-0.15, -0.1) is 15.3 Å². The van der Waals surface area contributed by atoms with Crippen LogP contribution in [0.1, 0.15) is 55.2 Å². The van der Waals surface area contributed by atoms with Crippen molar-refractivity contribution in [3.8, 4) is 0 Å². The maximum Gasteiger partial charge on any atom is 0.284 e. The summed E-state index contributed by atoms with van der Waals surface area (Å²) in [6.45, 7) is 7.99. The van der Waals surface area contributed by atoms with Gasteiger partial charge >= 0.3 is 0 Å². The van der Waals surface area contributed by atoms with Crippen molar-refractivity contribution >= 4 is 22.2 Å². The van der Waals surface area contributed by atoms with Crippen molar-refractivity contribution < 1.29 is 4.79 Å². The van der Waals surface area contributed by atoms with Crippen LogP contribution in [-0.4, -0.2) is 43.7 Å². The minimum atomic E-state index is 0.0297. The zero-order valence-electron chi connectivity index (χ0n) is 12.0. The second-order valence-corrected chi connectivity index (χ2v) is 6.75. The van der Waals surface area contributed by atoms with Gasteiger partial charge in [-0.3, -0.25) is 4.79 Å². The van der Waals surface area contributed by atoms with Crippen LogP contribution in [0.4, 0.5) is 0 Å². The molecule has 0 atom stereocenters. The molecule has 3 heterocycles. The fourth-order valence-corrected chi connectivity index (χ4v) is 3.24. The summed E-state index contributed by atoms with van der Waals surface area (Å²) in [6, 6.07) is 0. The highest BCUT2D eigenvalue weighted by Crippen LogP contribution is 2.22. The number of carbonyl (C=O) groups is 1. The zero-order chi connectivity index (χ0) is 14.3. The van der Waals surface area contributed by atoms with Crippen molar-refractivity contribution in [1.29, 1.82) is 0 Å². The minimum Gasteiger partial charge on any atom is -0.337 e. The lowest BCUT2D eigenvalue weighted by molar-refractivity contribution is 0.0695. The Hall–Kier alpha value is -1.50. The summed E-state index contributed by atoms with van der Waals surface area (Å²) >= 11 is 1.33. The van der Waals surface area contributed by atoms with Gasteiger partial charge in [-0.25, -0.2) is 0 Å². The van der Waals surface area contributed by atoms with Crippen LogP contribution in [0.25, 0.3) is 4.96 Å². The van der Waals surface area contributed by atoms with Gasteiger partial charge in [0.2, 0.25) is 9.97 Å². The van der Waals surface area contributed by atoms with Gasteiger partial charge in [0.25, 0.3) is 5.91 Å². The number of hydrogen-bond acceptors (Lipinski definition) is 5. The predicted octanol–water partition coefficient (Wildman–Crippen LogP) is 2.18. The van der Waals surface area contributed by atoms with Crippen LogP contribution in [0.3, 0.4) is 0 Å². The van der Waals surface area contributed by atoms with Crippen LogP contribution in [0.2, 0.25) is 0 Å². The van der Waals surface area contributed by atoms with Gasteiger partial charge < -0.3 is 4.90 Å². The molecule has 7 heteroatoms. The molecule has 20 heavy (non-hydrogen) atoms. The quantitative estimate of drug-likeness (QED) is 0.851. The molecule has 0 radical (unpaired) electrons. The standard InChI is InChI=1S/C13H19N5OS/c1-8(2)10-14-15-13-18(10)16-11(20-13)12(19)17-6-4-9(3)5-7-17/h8-9H,4-7H2,1-3H3. The van der Waals surface area contributed by atoms with E-state index in [1.54, 1.807) is 4.52 Å². The lowest BCUT2D eigenvalue weighted by Gasteiger charge is -2.29. The molecule has 0 bridgehead atoms. The smallest absolute Gasteiger partial charge is 0.284 e. The first-order valence-corrected chi connectivity index (χ1v) is 7.89. The van der Waals surface area contributed by atoms with Crippen molar-refractivity contribution in [3.63, 3.8) is 0 Å². The molecule has 1 aliphatic rings. The number of rotatable bonds is 2. The first kappa shape index (κ1) is 13.5. The molecular formula is C13H19N5OS. The van der Waals surface area contributed by atoms with Crippen molar-refractivity contribution in [3.05, 3.63) is 10.8 Å². The molecule has 1 fully saturated rings. The molecule has 0 spiro atoms. The fourth-order valence-electron chi connectivity index (χ4n) is 2.43. The normalized spacial score (nSPS) is 17.3. The zero-order valence-corrected chi connectivity index (χ0v) is 12.9. The molecule has 0 unspecified atom stereocenters. The Kier molecular flexibility index (Phi) is 3.45. The predicted molar refractivity (Wildman–Crippen MR) is 77.0 cm³/mol. The van der Waals surface area contributed by atoms with Crippen LogP contribution >= 0.6 is 11.3 Å². The molecule has 108 valence electrons. The number of hydrogen-bond donors (Lipinski definition) is 0. The van der Waals surface area contributed by atoms with Gasteiger partial charge in [-0.1, -0.05) is 32.1 Å². The van der Waals surface area contributed by atoms with Crippen molar-refractivity contribution in [2.45, 2.75) is 39.5 Å². The van der Waals surface area contributed by atoms with E-state index < -0.39 is 0 Å². The number of piperidine rings is 1. The Morgan fingerprint density at radius 2 is 2.00 bits per heavy atom. The van der Waals surface area contributed by atoms with Gasteiger partial charge in [-0.2, -0.15) is 4.52 Å². The molecule has 6 nitrogen and oxygen atoms in total. The summed E-state index contributed by atoms with van der Waals surface area (Å²) in [4.78, 5) is 15.1. The first-order chi connectivity index (χ1) is 9.56. The van der Waals surface area contributed by atoms with E-state index in [4.69, 9.17) is 0 Å². The van der Waals surface area contributed by atoms with Gasteiger partial charge in [-0.05, 0) is 18.8 Å². The molecule has 0 saturated carbocycles. The monoisotopic (exact) mass is 293 g/mol. The van der Waals surface area contributed by atoms with E-state index in [0.717, 1.165) is 31.8 Å². The van der Waals surface area contributed by atoms with E-state index in [1.807, 2.05) is 18.7 Å². The Labute approximate surface area is 121 Å². The molecule has 1 aliphatic heterocycles. The highest BCUT2D eigenvalue weighted by molar-refractivity contribution is 7.18. The maximum atomic E-state index is 12.5. The molecule has 1 amide bonds. The van der Waals surface area contributed by atoms with E-state index in [-0.39, 0.29) is 11.8 Å². The van der Waals surface area contributed by atoms with Crippen LogP contribution in [-0.2, 0) is 0 Å². The second kappa shape index (κ2) is 5.12. The third-order valence-electron chi connectivity index (χ3n) is 3.79. The molecule has 3 rings (SSSR count). The summed E-state index contributed by atoms with van der Waals surface area (Å²) in [5.74, 6) is 1.79. The average Bonchev–Trinajstić information content (AvgIpc) is 2.97. The maximum absolute atomic E-state index is 12.5. The van der Waals surface area contributed by atoms with E-state index in [9.17, 15) is 4.79 Å². The lowest BCUT2D eigenvalue weighted by Crippen LogP contribution is -2.37. The number of fused-ring (bicyclic) bond motifs is 1. The number of aromatic nitrogens is 4. The summed E-state index contributed by atoms with van der Waals surface area (Å²) in [5, 5.41) is 13.1. The molecule has 0 aromatic carbocycles. The number of likely N-dealkylation sites (tertiary alicyclic amines) is 1. The summed E-state index contributed by atoms with van der Waals surface area (Å²) < 4.78 is 1.70. The van der Waals surface area contributed by atoms with E-state index in [1.165, 1.54) is 11.3 Å². The van der Waals surface area contributed by atoms with E-state index >= 15 is 0 Å². The Bertz CT molecular complexity index is 624. The van der Waals surface area contributed by atoms with Crippen molar-refractivity contribution in [2.75, 3.05) is 13.1 Å². The van der Waals surface area contributed by atoms with Crippen LogP contribution in [0, 0.1) is 5.92 Å². The molecule has 1 saturated heterocycles. The highest BCUT2D eigenvalue weighted by atomic mass is 32.1. The Balaban J connectivity index is 1.85. The first-order valence-electron chi connectivity index (χ1n) is 7.07. The van der Waals surface area contributed by atoms with E-state index in [0.29, 0.717) is 15.9 Å². The van der Waals surface area contributed by atoms with Crippen LogP contribution < -0.4 is 0 Å². The van der Waals surface area contributed by atoms with Gasteiger partial charge in [0.05, 0.1) is 0 Å². The van der Waals surface area contributed by atoms with Crippen LogP contribution in [0.5, 0.6) is 0 Å². The van der Waals surface area contributed by atoms with Gasteiger partial charge in [0, 0.05) is 19.0 Å². The van der Waals surface area contributed by atoms with Crippen molar-refractivity contribution in [1.82, 2.24) is 24.7 Å². The Morgan fingerprint density at radius 1 is 1.30 bits per heavy atom. The molecular weight excluding hydrogens is 274 g/mol. The molecule has 2 aromatic rings. The average molecular weight is 293 g/mol. The fraction of sp³-hybridized carbons (Fsp3) is 0.692. The minimum absolute atomic E-state index is 0.0297. The number of amides is 1. The van der Waals surface area contributed by atoms with Crippen molar-refractivity contribution in [2.24, 2.45) is 5.92 Å². The summed E-state index contributed by atoms with van der Waals surface area (Å²) in [6.07, 6.45) is 2.15. The highest BCUT2D eigenvalue weighted by Gasteiger charge is 2.25. The third kappa shape index (κ3) is 2.30. The molecule has 0 aliphatic carbocycles. The van der Waals surface area contributed by atoms with E-state index in [2.05, 4.69) is 22.2 Å². The topological polar surface area (TPSA) is 63.4 Å². The second-order valence-electron chi connectivity index (χ2n) is 5.79. The largest absolute Gasteiger partial charge is 0.337 e. The lowest BCUT2D eigenvalue weighted by atomic mass is 9.99. The molecule has 2 aromatic heterocycles.